The molecule has 4 aromatic rings. The SMILES string of the molecule is COC(=O)NC(C(C)C)C(O)N1CCCC1C(=O)Nc1ccc2cc(-c3ccc(NC(=O)C4CCCN4C(=O)Cc4ccccc4)cc3)ccc2c1. The van der Waals surface area contributed by atoms with Crippen LogP contribution in [0.4, 0.5) is 16.2 Å². The van der Waals surface area contributed by atoms with E-state index in [0.717, 1.165) is 40.3 Å². The Morgan fingerprint density at radius 3 is 2.12 bits per heavy atom. The van der Waals surface area contributed by atoms with Crippen LogP contribution in [0.5, 0.6) is 0 Å². The van der Waals surface area contributed by atoms with E-state index >= 15 is 0 Å². The van der Waals surface area contributed by atoms with E-state index < -0.39 is 30.4 Å². The lowest BCUT2D eigenvalue weighted by Gasteiger charge is -2.35. The zero-order valence-electron chi connectivity index (χ0n) is 29.9. The summed E-state index contributed by atoms with van der Waals surface area (Å²) in [5.41, 5.74) is 4.25. The standard InChI is InChI=1S/C41H47N5O6/c1-26(2)37(44-41(51)52-3)40(50)46-22-8-12-35(46)39(49)43-33-20-17-30-24-29(13-14-31(30)25-33)28-15-18-32(19-16-28)42-38(48)34-11-7-21-45(34)36(47)23-27-9-5-4-6-10-27/h4-6,9-10,13-20,24-26,34-35,37,40,50H,7-8,11-12,21-23H2,1-3H3,(H,42,48)(H,43,49)(H,44,51). The Bertz CT molecular complexity index is 1900. The second-order valence-electron chi connectivity index (χ2n) is 14.0. The molecule has 6 rings (SSSR count). The Morgan fingerprint density at radius 2 is 1.38 bits per heavy atom. The minimum Gasteiger partial charge on any atom is -0.453 e. The van der Waals surface area contributed by atoms with Gasteiger partial charge >= 0.3 is 6.09 Å². The molecule has 11 nitrogen and oxygen atoms in total. The van der Waals surface area contributed by atoms with Crippen molar-refractivity contribution in [1.82, 2.24) is 15.1 Å². The highest BCUT2D eigenvalue weighted by Gasteiger charge is 2.39. The van der Waals surface area contributed by atoms with Crippen molar-refractivity contribution in [3.8, 4) is 11.1 Å². The zero-order valence-corrected chi connectivity index (χ0v) is 29.9. The monoisotopic (exact) mass is 705 g/mol. The van der Waals surface area contributed by atoms with Crippen LogP contribution in [-0.2, 0) is 25.5 Å². The molecule has 0 spiro atoms. The molecular formula is C41H47N5O6. The van der Waals surface area contributed by atoms with Gasteiger partial charge in [0.25, 0.3) is 0 Å². The van der Waals surface area contributed by atoms with Gasteiger partial charge in [0.1, 0.15) is 12.3 Å². The Balaban J connectivity index is 1.07. The molecule has 0 saturated carbocycles. The minimum atomic E-state index is -1.05. The number of fused-ring (bicyclic) bond motifs is 1. The van der Waals surface area contributed by atoms with Crippen molar-refractivity contribution in [3.63, 3.8) is 0 Å². The fourth-order valence-corrected chi connectivity index (χ4v) is 7.28. The molecule has 0 radical (unpaired) electrons. The molecule has 4 unspecified atom stereocenters. The number of methoxy groups -OCH3 is 1. The first kappa shape index (κ1) is 36.5. The van der Waals surface area contributed by atoms with E-state index in [4.69, 9.17) is 4.74 Å². The number of nitrogens with zero attached hydrogens (tertiary/aromatic N) is 2. The third-order valence-corrected chi connectivity index (χ3v) is 10.1. The largest absolute Gasteiger partial charge is 0.453 e. The fraction of sp³-hybridized carbons (Fsp3) is 0.366. The second kappa shape index (κ2) is 16.4. The molecule has 11 heteroatoms. The normalized spacial score (nSPS) is 18.6. The van der Waals surface area contributed by atoms with E-state index in [1.54, 1.807) is 9.80 Å². The lowest BCUT2D eigenvalue weighted by atomic mass is 10.0. The van der Waals surface area contributed by atoms with Gasteiger partial charge in [0.05, 0.1) is 25.6 Å². The number of aliphatic hydroxyl groups is 1. The van der Waals surface area contributed by atoms with Crippen LogP contribution in [0.15, 0.2) is 91.0 Å². The summed E-state index contributed by atoms with van der Waals surface area (Å²) in [6.07, 6.45) is 1.40. The lowest BCUT2D eigenvalue weighted by molar-refractivity contribution is -0.136. The molecule has 4 N–H and O–H groups in total. The van der Waals surface area contributed by atoms with Crippen LogP contribution < -0.4 is 16.0 Å². The third kappa shape index (κ3) is 8.43. The molecule has 4 aromatic carbocycles. The van der Waals surface area contributed by atoms with E-state index in [1.807, 2.05) is 98.8 Å². The first-order valence-corrected chi connectivity index (χ1v) is 18.0. The van der Waals surface area contributed by atoms with Gasteiger partial charge in [0.15, 0.2) is 0 Å². The van der Waals surface area contributed by atoms with Gasteiger partial charge in [0, 0.05) is 24.5 Å². The average molecular weight is 706 g/mol. The third-order valence-electron chi connectivity index (χ3n) is 10.1. The number of alkyl carbamates (subject to hydrolysis) is 1. The summed E-state index contributed by atoms with van der Waals surface area (Å²) in [6, 6.07) is 27.5. The molecule has 2 aliphatic heterocycles. The van der Waals surface area contributed by atoms with Crippen LogP contribution in [-0.4, -0.2) is 83.3 Å². The predicted octanol–water partition coefficient (Wildman–Crippen LogP) is 5.78. The summed E-state index contributed by atoms with van der Waals surface area (Å²) in [5, 5.41) is 21.9. The molecule has 2 aliphatic rings. The van der Waals surface area contributed by atoms with Gasteiger partial charge in [-0.05, 0) is 89.4 Å². The van der Waals surface area contributed by atoms with Gasteiger partial charge < -0.3 is 30.7 Å². The Labute approximate surface area is 304 Å². The van der Waals surface area contributed by atoms with Crippen molar-refractivity contribution in [2.24, 2.45) is 5.92 Å². The Morgan fingerprint density at radius 1 is 0.769 bits per heavy atom. The first-order chi connectivity index (χ1) is 25.1. The van der Waals surface area contributed by atoms with Gasteiger partial charge in [-0.1, -0.05) is 74.5 Å². The topological polar surface area (TPSA) is 140 Å². The highest BCUT2D eigenvalue weighted by molar-refractivity contribution is 5.99. The number of carbonyl (C=O) groups is 4. The minimum absolute atomic E-state index is 0.0352. The number of likely N-dealkylation sites (tertiary alicyclic amines) is 2. The van der Waals surface area contributed by atoms with Gasteiger partial charge in [0.2, 0.25) is 17.7 Å². The summed E-state index contributed by atoms with van der Waals surface area (Å²) < 4.78 is 4.74. The molecule has 272 valence electrons. The highest BCUT2D eigenvalue weighted by atomic mass is 16.5. The molecular weight excluding hydrogens is 658 g/mol. The fourth-order valence-electron chi connectivity index (χ4n) is 7.28. The number of benzene rings is 4. The lowest BCUT2D eigenvalue weighted by Crippen LogP contribution is -2.57. The van der Waals surface area contributed by atoms with Crippen molar-refractivity contribution in [3.05, 3.63) is 96.6 Å². The van der Waals surface area contributed by atoms with Crippen molar-refractivity contribution in [2.75, 3.05) is 30.8 Å². The smallest absolute Gasteiger partial charge is 0.407 e. The van der Waals surface area contributed by atoms with E-state index in [0.29, 0.717) is 37.3 Å². The molecule has 0 bridgehead atoms. The van der Waals surface area contributed by atoms with Gasteiger partial charge in [-0.2, -0.15) is 0 Å². The Kier molecular flexibility index (Phi) is 11.5. The van der Waals surface area contributed by atoms with E-state index in [2.05, 4.69) is 22.0 Å². The molecule has 52 heavy (non-hydrogen) atoms. The quantitative estimate of drug-likeness (QED) is 0.155. The number of anilines is 2. The van der Waals surface area contributed by atoms with Crippen LogP contribution >= 0.6 is 0 Å². The van der Waals surface area contributed by atoms with Crippen molar-refractivity contribution >= 4 is 46.0 Å². The summed E-state index contributed by atoms with van der Waals surface area (Å²) in [5.74, 6) is -0.502. The molecule has 2 heterocycles. The summed E-state index contributed by atoms with van der Waals surface area (Å²) >= 11 is 0. The summed E-state index contributed by atoms with van der Waals surface area (Å²) in [7, 11) is 1.28. The van der Waals surface area contributed by atoms with Crippen molar-refractivity contribution in [2.45, 2.75) is 70.3 Å². The number of hydrogen-bond donors (Lipinski definition) is 4. The maximum absolute atomic E-state index is 13.4. The molecule has 4 amide bonds. The molecule has 2 fully saturated rings. The number of aliphatic hydroxyl groups excluding tert-OH is 1. The zero-order chi connectivity index (χ0) is 36.8. The van der Waals surface area contributed by atoms with Gasteiger partial charge in [-0.3, -0.25) is 19.3 Å². The second-order valence-corrected chi connectivity index (χ2v) is 14.0. The molecule has 0 aromatic heterocycles. The maximum atomic E-state index is 13.4. The van der Waals surface area contributed by atoms with Gasteiger partial charge in [-0.15, -0.1) is 0 Å². The van der Waals surface area contributed by atoms with Crippen LogP contribution in [0.25, 0.3) is 21.9 Å². The molecule has 2 saturated heterocycles. The molecule has 4 atom stereocenters. The van der Waals surface area contributed by atoms with Gasteiger partial charge in [-0.25, -0.2) is 4.79 Å². The highest BCUT2D eigenvalue weighted by Crippen LogP contribution is 2.29. The predicted molar refractivity (Wildman–Crippen MR) is 201 cm³/mol. The van der Waals surface area contributed by atoms with E-state index in [1.165, 1.54) is 7.11 Å². The van der Waals surface area contributed by atoms with Crippen LogP contribution in [0.2, 0.25) is 0 Å². The number of ether oxygens (including phenoxy) is 1. The van der Waals surface area contributed by atoms with Crippen molar-refractivity contribution in [1.29, 1.82) is 0 Å². The van der Waals surface area contributed by atoms with Crippen LogP contribution in [0, 0.1) is 5.92 Å². The maximum Gasteiger partial charge on any atom is 0.407 e. The molecule has 0 aliphatic carbocycles. The van der Waals surface area contributed by atoms with E-state index in [-0.39, 0.29) is 30.1 Å². The number of nitrogens with one attached hydrogen (secondary N) is 3. The summed E-state index contributed by atoms with van der Waals surface area (Å²) in [6.45, 7) is 4.91. The van der Waals surface area contributed by atoms with Crippen LogP contribution in [0.1, 0.15) is 45.1 Å². The first-order valence-electron chi connectivity index (χ1n) is 18.0. The number of carbonyl (C=O) groups excluding carboxylic acids is 4. The van der Waals surface area contributed by atoms with E-state index in [9.17, 15) is 24.3 Å². The van der Waals surface area contributed by atoms with Crippen molar-refractivity contribution < 1.29 is 29.0 Å². The summed E-state index contributed by atoms with van der Waals surface area (Å²) in [4.78, 5) is 55.0. The average Bonchev–Trinajstić information content (AvgIpc) is 3.85. The number of hydrogen-bond acceptors (Lipinski definition) is 7. The number of rotatable bonds is 11. The Hall–Kier alpha value is -5.26. The number of amides is 4. The van der Waals surface area contributed by atoms with Crippen LogP contribution in [0.3, 0.4) is 0 Å².